The Bertz CT molecular complexity index is 1150. The van der Waals surface area contributed by atoms with Crippen LogP contribution in [-0.4, -0.2) is 55.5 Å². The number of amides is 2. The van der Waals surface area contributed by atoms with Crippen molar-refractivity contribution in [3.8, 4) is 0 Å². The van der Waals surface area contributed by atoms with Crippen LogP contribution in [0.4, 0.5) is 11.6 Å². The average Bonchev–Trinajstić information content (AvgIpc) is 3.16. The number of nitrogens with two attached hydrogens (primary N) is 1. The molecule has 1 aromatic carbocycles. The second-order valence-electron chi connectivity index (χ2n) is 7.31. The molecule has 0 aliphatic carbocycles. The molecule has 11 heteroatoms. The highest BCUT2D eigenvalue weighted by molar-refractivity contribution is 5.96. The van der Waals surface area contributed by atoms with E-state index in [-0.39, 0.29) is 42.4 Å². The van der Waals surface area contributed by atoms with E-state index in [0.29, 0.717) is 16.9 Å². The number of hydrogen-bond donors (Lipinski definition) is 4. The smallest absolute Gasteiger partial charge is 0.280 e. The van der Waals surface area contributed by atoms with Crippen molar-refractivity contribution in [2.24, 2.45) is 0 Å². The summed E-state index contributed by atoms with van der Waals surface area (Å²) in [7, 11) is 0. The summed E-state index contributed by atoms with van der Waals surface area (Å²) in [5.41, 5.74) is 6.75. The van der Waals surface area contributed by atoms with Crippen molar-refractivity contribution in [2.45, 2.75) is 39.9 Å². The van der Waals surface area contributed by atoms with Crippen LogP contribution >= 0.6 is 0 Å². The predicted molar refractivity (Wildman–Crippen MR) is 122 cm³/mol. The fourth-order valence-corrected chi connectivity index (χ4v) is 3.42. The van der Waals surface area contributed by atoms with E-state index in [1.54, 1.807) is 28.8 Å². The van der Waals surface area contributed by atoms with Gasteiger partial charge in [-0.25, -0.2) is 4.98 Å². The summed E-state index contributed by atoms with van der Waals surface area (Å²) in [6.45, 7) is 8.01. The minimum Gasteiger partial charge on any atom is -0.369 e. The lowest BCUT2D eigenvalue weighted by Crippen LogP contribution is -2.46. The molecule has 0 radical (unpaired) electrons. The van der Waals surface area contributed by atoms with Gasteiger partial charge in [0.2, 0.25) is 11.9 Å². The molecule has 2 amide bonds. The second-order valence-corrected chi connectivity index (χ2v) is 7.31. The van der Waals surface area contributed by atoms with Crippen LogP contribution in [0.5, 0.6) is 0 Å². The van der Waals surface area contributed by atoms with Crippen LogP contribution in [0, 0.1) is 0 Å². The van der Waals surface area contributed by atoms with Gasteiger partial charge in [0.15, 0.2) is 11.2 Å². The first-order valence-corrected chi connectivity index (χ1v) is 10.5. The highest BCUT2D eigenvalue weighted by Gasteiger charge is 2.15. The van der Waals surface area contributed by atoms with Gasteiger partial charge < -0.3 is 20.9 Å². The van der Waals surface area contributed by atoms with Crippen LogP contribution in [0.15, 0.2) is 35.4 Å². The molecule has 2 aromatic heterocycles. The van der Waals surface area contributed by atoms with E-state index in [0.717, 1.165) is 13.1 Å². The first-order chi connectivity index (χ1) is 15.3. The lowest BCUT2D eigenvalue weighted by atomic mass is 10.2. The highest BCUT2D eigenvalue weighted by atomic mass is 16.2. The summed E-state index contributed by atoms with van der Waals surface area (Å²) >= 11 is 0. The zero-order valence-electron chi connectivity index (χ0n) is 18.4. The van der Waals surface area contributed by atoms with Gasteiger partial charge in [0.1, 0.15) is 0 Å². The van der Waals surface area contributed by atoms with E-state index in [2.05, 4.69) is 30.5 Å². The number of fused-ring (bicyclic) bond motifs is 1. The van der Waals surface area contributed by atoms with E-state index in [1.165, 1.54) is 6.33 Å². The summed E-state index contributed by atoms with van der Waals surface area (Å²) in [6, 6.07) is 6.71. The van der Waals surface area contributed by atoms with Gasteiger partial charge in [-0.1, -0.05) is 13.8 Å². The normalized spacial score (nSPS) is 12.1. The second kappa shape index (κ2) is 10.1. The van der Waals surface area contributed by atoms with Gasteiger partial charge in [-0.2, -0.15) is 4.98 Å². The predicted octanol–water partition coefficient (Wildman–Crippen LogP) is 1.15. The number of benzene rings is 1. The number of anilines is 2. The van der Waals surface area contributed by atoms with Gasteiger partial charge in [0, 0.05) is 24.2 Å². The monoisotopic (exact) mass is 440 g/mol. The Labute approximate surface area is 185 Å². The molecule has 0 saturated heterocycles. The third-order valence-corrected chi connectivity index (χ3v) is 5.20. The first kappa shape index (κ1) is 22.9. The van der Waals surface area contributed by atoms with Crippen LogP contribution in [-0.2, 0) is 11.3 Å². The van der Waals surface area contributed by atoms with E-state index < -0.39 is 5.56 Å². The summed E-state index contributed by atoms with van der Waals surface area (Å²) in [5.74, 6) is -0.405. The molecule has 0 saturated carbocycles. The van der Waals surface area contributed by atoms with Gasteiger partial charge in [-0.15, -0.1) is 0 Å². The molecule has 3 aromatic rings. The molecule has 1 unspecified atom stereocenters. The van der Waals surface area contributed by atoms with E-state index >= 15 is 0 Å². The Morgan fingerprint density at radius 2 is 1.91 bits per heavy atom. The van der Waals surface area contributed by atoms with Gasteiger partial charge in [0.25, 0.3) is 11.5 Å². The summed E-state index contributed by atoms with van der Waals surface area (Å²) in [4.78, 5) is 49.2. The van der Waals surface area contributed by atoms with Gasteiger partial charge in [0.05, 0.1) is 12.5 Å². The van der Waals surface area contributed by atoms with Crippen molar-refractivity contribution < 1.29 is 9.59 Å². The Hall–Kier alpha value is -3.73. The molecule has 170 valence electrons. The molecule has 32 heavy (non-hydrogen) atoms. The van der Waals surface area contributed by atoms with Crippen LogP contribution in [0.1, 0.15) is 37.6 Å². The molecule has 0 aliphatic rings. The molecule has 0 bridgehead atoms. The van der Waals surface area contributed by atoms with Gasteiger partial charge in [-0.3, -0.25) is 24.3 Å². The van der Waals surface area contributed by atoms with Crippen molar-refractivity contribution in [2.75, 3.05) is 24.1 Å². The molecule has 0 aliphatic heterocycles. The maximum atomic E-state index is 12.4. The van der Waals surface area contributed by atoms with Crippen LogP contribution in [0.2, 0.25) is 0 Å². The number of aromatic amines is 1. The molecule has 11 nitrogen and oxygen atoms in total. The SMILES string of the molecule is CCN(CC)C(C)NC(=O)c1ccc(NC(=O)CCn2cnc3c(=O)[nH]c(N)nc32)cc1. The first-order valence-electron chi connectivity index (χ1n) is 10.5. The zero-order chi connectivity index (χ0) is 23.3. The Kier molecular flexibility index (Phi) is 7.21. The number of aryl methyl sites for hydroxylation is 1. The van der Waals surface area contributed by atoms with Crippen LogP contribution in [0.3, 0.4) is 0 Å². The standard InChI is InChI=1S/C21H28N8O3/c1-4-28(5-2)13(3)24-19(31)14-6-8-15(9-7-14)25-16(30)10-11-29-12-23-17-18(29)26-21(22)27-20(17)32/h6-9,12-13H,4-5,10-11H2,1-3H3,(H,24,31)(H,25,30)(H3,22,26,27,32). The number of imidazole rings is 1. The number of carbonyl (C=O) groups excluding carboxylic acids is 2. The molecule has 0 fully saturated rings. The molecule has 2 heterocycles. The number of aromatic nitrogens is 4. The number of hydrogen-bond acceptors (Lipinski definition) is 7. The van der Waals surface area contributed by atoms with Crippen LogP contribution < -0.4 is 21.9 Å². The number of carbonyl (C=O) groups is 2. The fourth-order valence-electron chi connectivity index (χ4n) is 3.42. The van der Waals surface area contributed by atoms with Crippen molar-refractivity contribution >= 4 is 34.6 Å². The van der Waals surface area contributed by atoms with E-state index in [4.69, 9.17) is 5.73 Å². The minimum absolute atomic E-state index is 0.00989. The summed E-state index contributed by atoms with van der Waals surface area (Å²) in [6.07, 6.45) is 1.52. The van der Waals surface area contributed by atoms with Crippen molar-refractivity contribution in [3.63, 3.8) is 0 Å². The fraction of sp³-hybridized carbons (Fsp3) is 0.381. The van der Waals surface area contributed by atoms with Crippen molar-refractivity contribution in [1.82, 2.24) is 29.7 Å². The topological polar surface area (TPSA) is 151 Å². The lowest BCUT2D eigenvalue weighted by molar-refractivity contribution is -0.116. The number of H-pyrrole nitrogens is 1. The molecular formula is C21H28N8O3. The number of nitrogens with zero attached hydrogens (tertiary/aromatic N) is 4. The summed E-state index contributed by atoms with van der Waals surface area (Å²) in [5, 5.41) is 5.76. The van der Waals surface area contributed by atoms with Gasteiger partial charge in [-0.05, 0) is 44.3 Å². The largest absolute Gasteiger partial charge is 0.369 e. The van der Waals surface area contributed by atoms with E-state index in [1.807, 2.05) is 20.8 Å². The average molecular weight is 441 g/mol. The minimum atomic E-state index is -0.425. The third kappa shape index (κ3) is 5.30. The molecule has 5 N–H and O–H groups in total. The number of rotatable bonds is 9. The van der Waals surface area contributed by atoms with Gasteiger partial charge >= 0.3 is 0 Å². The Balaban J connectivity index is 1.56. The molecule has 3 rings (SSSR count). The lowest BCUT2D eigenvalue weighted by Gasteiger charge is -2.27. The zero-order valence-corrected chi connectivity index (χ0v) is 18.4. The Morgan fingerprint density at radius 1 is 1.22 bits per heavy atom. The number of nitrogen functional groups attached to an aromatic ring is 1. The quantitative estimate of drug-likeness (QED) is 0.364. The molecule has 1 atom stereocenters. The van der Waals surface area contributed by atoms with Crippen molar-refractivity contribution in [3.05, 3.63) is 46.5 Å². The van der Waals surface area contributed by atoms with E-state index in [9.17, 15) is 14.4 Å². The number of nitrogens with one attached hydrogen (secondary N) is 3. The highest BCUT2D eigenvalue weighted by Crippen LogP contribution is 2.12. The maximum Gasteiger partial charge on any atom is 0.280 e. The third-order valence-electron chi connectivity index (χ3n) is 5.20. The molecular weight excluding hydrogens is 412 g/mol. The van der Waals surface area contributed by atoms with Crippen molar-refractivity contribution in [1.29, 1.82) is 0 Å². The molecule has 0 spiro atoms. The summed E-state index contributed by atoms with van der Waals surface area (Å²) < 4.78 is 1.60. The maximum absolute atomic E-state index is 12.4. The van der Waals surface area contributed by atoms with Crippen LogP contribution in [0.25, 0.3) is 11.2 Å². The Morgan fingerprint density at radius 3 is 2.56 bits per heavy atom.